The standard InChI is InChI=1S/C12H11BrO2/c1-9(7-11(14)12(15)8-13)10-5-3-2-4-6-10/h2-7,14H,1,8H2/b11-7-. The van der Waals surface area contributed by atoms with Crippen molar-refractivity contribution in [3.8, 4) is 0 Å². The molecule has 0 aliphatic heterocycles. The van der Waals surface area contributed by atoms with Crippen molar-refractivity contribution in [2.45, 2.75) is 0 Å². The molecule has 0 amide bonds. The fourth-order valence-corrected chi connectivity index (χ4v) is 1.34. The minimum Gasteiger partial charge on any atom is -0.504 e. The molecule has 0 aromatic heterocycles. The molecule has 78 valence electrons. The van der Waals surface area contributed by atoms with Gasteiger partial charge in [-0.3, -0.25) is 4.79 Å². The number of hydrogen-bond acceptors (Lipinski definition) is 2. The van der Waals surface area contributed by atoms with E-state index in [2.05, 4.69) is 22.5 Å². The zero-order valence-corrected chi connectivity index (χ0v) is 9.70. The van der Waals surface area contributed by atoms with Crippen molar-refractivity contribution in [1.82, 2.24) is 0 Å². The smallest absolute Gasteiger partial charge is 0.207 e. The molecule has 0 heterocycles. The van der Waals surface area contributed by atoms with Gasteiger partial charge in [0.15, 0.2) is 5.76 Å². The number of rotatable bonds is 4. The SMILES string of the molecule is C=C(/C=C(\O)C(=O)CBr)c1ccccc1. The number of Topliss-reactive ketones (excluding diaryl/α,β-unsaturated/α-hetero) is 1. The number of hydrogen-bond donors (Lipinski definition) is 1. The molecule has 0 atom stereocenters. The molecule has 0 radical (unpaired) electrons. The number of carbonyl (C=O) groups is 1. The Balaban J connectivity index is 2.84. The molecule has 1 aromatic carbocycles. The van der Waals surface area contributed by atoms with Crippen molar-refractivity contribution >= 4 is 27.3 Å². The van der Waals surface area contributed by atoms with Gasteiger partial charge in [-0.25, -0.2) is 0 Å². The van der Waals surface area contributed by atoms with Gasteiger partial charge >= 0.3 is 0 Å². The van der Waals surface area contributed by atoms with E-state index in [9.17, 15) is 9.90 Å². The Morgan fingerprint density at radius 1 is 1.40 bits per heavy atom. The second kappa shape index (κ2) is 5.51. The fourth-order valence-electron chi connectivity index (χ4n) is 1.05. The Morgan fingerprint density at radius 3 is 2.53 bits per heavy atom. The molecule has 0 aliphatic carbocycles. The molecule has 1 N–H and O–H groups in total. The van der Waals surface area contributed by atoms with E-state index in [1.165, 1.54) is 6.08 Å². The molecular weight excluding hydrogens is 256 g/mol. The summed E-state index contributed by atoms with van der Waals surface area (Å²) in [6, 6.07) is 9.37. The van der Waals surface area contributed by atoms with E-state index in [0.717, 1.165) is 5.56 Å². The third-order valence-corrected chi connectivity index (χ3v) is 2.37. The number of aliphatic hydroxyl groups is 1. The van der Waals surface area contributed by atoms with E-state index >= 15 is 0 Å². The molecule has 0 spiro atoms. The Hall–Kier alpha value is -1.35. The largest absolute Gasteiger partial charge is 0.504 e. The van der Waals surface area contributed by atoms with Crippen LogP contribution in [0.3, 0.4) is 0 Å². The summed E-state index contributed by atoms with van der Waals surface area (Å²) in [6.45, 7) is 3.78. The molecule has 15 heavy (non-hydrogen) atoms. The van der Waals surface area contributed by atoms with Crippen molar-refractivity contribution in [2.75, 3.05) is 5.33 Å². The lowest BCUT2D eigenvalue weighted by molar-refractivity contribution is -0.115. The summed E-state index contributed by atoms with van der Waals surface area (Å²) in [5, 5.41) is 9.48. The zero-order valence-electron chi connectivity index (χ0n) is 8.11. The van der Waals surface area contributed by atoms with Crippen LogP contribution in [0, 0.1) is 0 Å². The van der Waals surface area contributed by atoms with Crippen molar-refractivity contribution in [2.24, 2.45) is 0 Å². The van der Waals surface area contributed by atoms with Crippen LogP contribution in [-0.4, -0.2) is 16.2 Å². The first-order valence-electron chi connectivity index (χ1n) is 4.39. The van der Waals surface area contributed by atoms with Crippen LogP contribution in [0.25, 0.3) is 5.57 Å². The quantitative estimate of drug-likeness (QED) is 0.394. The molecule has 2 nitrogen and oxygen atoms in total. The van der Waals surface area contributed by atoms with Crippen molar-refractivity contribution in [1.29, 1.82) is 0 Å². The van der Waals surface area contributed by atoms with E-state index in [-0.39, 0.29) is 16.9 Å². The summed E-state index contributed by atoms with van der Waals surface area (Å²) in [4.78, 5) is 11.1. The molecule has 0 saturated carbocycles. The van der Waals surface area contributed by atoms with Gasteiger partial charge in [0.1, 0.15) is 0 Å². The minimum absolute atomic E-state index is 0.109. The highest BCUT2D eigenvalue weighted by atomic mass is 79.9. The average molecular weight is 267 g/mol. The summed E-state index contributed by atoms with van der Waals surface area (Å²) in [6.07, 6.45) is 1.37. The predicted molar refractivity (Wildman–Crippen MR) is 65.0 cm³/mol. The highest BCUT2D eigenvalue weighted by Crippen LogP contribution is 2.14. The van der Waals surface area contributed by atoms with Gasteiger partial charge in [-0.15, -0.1) is 0 Å². The fraction of sp³-hybridized carbons (Fsp3) is 0.0833. The highest BCUT2D eigenvalue weighted by Gasteiger charge is 2.05. The monoisotopic (exact) mass is 266 g/mol. The summed E-state index contributed by atoms with van der Waals surface area (Å²) in [7, 11) is 0. The van der Waals surface area contributed by atoms with Gasteiger partial charge in [0.25, 0.3) is 0 Å². The lowest BCUT2D eigenvalue weighted by Gasteiger charge is -2.00. The van der Waals surface area contributed by atoms with Crippen LogP contribution in [0.1, 0.15) is 5.56 Å². The van der Waals surface area contributed by atoms with Crippen LogP contribution in [0.5, 0.6) is 0 Å². The molecule has 0 saturated heterocycles. The molecule has 1 aromatic rings. The lowest BCUT2D eigenvalue weighted by Crippen LogP contribution is -2.02. The number of allylic oxidation sites excluding steroid dienone is 3. The highest BCUT2D eigenvalue weighted by molar-refractivity contribution is 9.09. The first-order valence-corrected chi connectivity index (χ1v) is 5.51. The lowest BCUT2D eigenvalue weighted by atomic mass is 10.1. The van der Waals surface area contributed by atoms with Crippen LogP contribution >= 0.6 is 15.9 Å². The van der Waals surface area contributed by atoms with Gasteiger partial charge in [0, 0.05) is 0 Å². The van der Waals surface area contributed by atoms with Gasteiger partial charge in [-0.05, 0) is 17.2 Å². The topological polar surface area (TPSA) is 37.3 Å². The van der Waals surface area contributed by atoms with Crippen LogP contribution in [0.2, 0.25) is 0 Å². The number of benzene rings is 1. The first-order chi connectivity index (χ1) is 7.15. The van der Waals surface area contributed by atoms with Crippen LogP contribution in [0.15, 0.2) is 48.7 Å². The van der Waals surface area contributed by atoms with E-state index in [4.69, 9.17) is 0 Å². The third kappa shape index (κ3) is 3.36. The molecule has 0 fully saturated rings. The number of carbonyl (C=O) groups excluding carboxylic acids is 1. The van der Waals surface area contributed by atoms with Gasteiger partial charge in [0.05, 0.1) is 5.33 Å². The second-order valence-electron chi connectivity index (χ2n) is 2.98. The van der Waals surface area contributed by atoms with Gasteiger partial charge in [0.2, 0.25) is 5.78 Å². The molecule has 0 bridgehead atoms. The van der Waals surface area contributed by atoms with Gasteiger partial charge in [-0.1, -0.05) is 52.8 Å². The summed E-state index contributed by atoms with van der Waals surface area (Å²) in [5.41, 5.74) is 1.49. The number of ketones is 1. The normalized spacial score (nSPS) is 11.1. The van der Waals surface area contributed by atoms with Crippen molar-refractivity contribution in [3.05, 3.63) is 54.3 Å². The molecule has 0 aliphatic rings. The maximum atomic E-state index is 11.1. The summed E-state index contributed by atoms with van der Waals surface area (Å²) < 4.78 is 0. The summed E-state index contributed by atoms with van der Waals surface area (Å²) >= 11 is 2.98. The Bertz CT molecular complexity index is 393. The van der Waals surface area contributed by atoms with Crippen LogP contribution in [-0.2, 0) is 4.79 Å². The molecular formula is C12H11BrO2. The van der Waals surface area contributed by atoms with E-state index in [0.29, 0.717) is 5.57 Å². The van der Waals surface area contributed by atoms with Crippen LogP contribution < -0.4 is 0 Å². The summed E-state index contributed by atoms with van der Waals surface area (Å²) in [5.74, 6) is -0.632. The van der Waals surface area contributed by atoms with Crippen molar-refractivity contribution < 1.29 is 9.90 Å². The molecule has 1 rings (SSSR count). The number of halogens is 1. The Labute approximate surface area is 97.1 Å². The van der Waals surface area contributed by atoms with Crippen molar-refractivity contribution in [3.63, 3.8) is 0 Å². The van der Waals surface area contributed by atoms with Gasteiger partial charge in [-0.2, -0.15) is 0 Å². The minimum atomic E-state index is -0.355. The average Bonchev–Trinajstić information content (AvgIpc) is 2.29. The Kier molecular flexibility index (Phi) is 4.31. The first kappa shape index (κ1) is 11.7. The molecule has 3 heteroatoms. The second-order valence-corrected chi connectivity index (χ2v) is 3.54. The number of aliphatic hydroxyl groups excluding tert-OH is 1. The van der Waals surface area contributed by atoms with E-state index < -0.39 is 0 Å². The van der Waals surface area contributed by atoms with Gasteiger partial charge < -0.3 is 5.11 Å². The maximum absolute atomic E-state index is 11.1. The Morgan fingerprint density at radius 2 is 2.00 bits per heavy atom. The zero-order chi connectivity index (χ0) is 11.3. The van der Waals surface area contributed by atoms with Crippen LogP contribution in [0.4, 0.5) is 0 Å². The van der Waals surface area contributed by atoms with E-state index in [1.807, 2.05) is 30.3 Å². The number of alkyl halides is 1. The molecule has 0 unspecified atom stereocenters. The maximum Gasteiger partial charge on any atom is 0.207 e. The van der Waals surface area contributed by atoms with E-state index in [1.54, 1.807) is 0 Å². The predicted octanol–water partition coefficient (Wildman–Crippen LogP) is 3.11. The third-order valence-electron chi connectivity index (χ3n) is 1.86.